The molecule has 4 aliphatic rings. The first-order valence-corrected chi connectivity index (χ1v) is 41.4. The Hall–Kier alpha value is -8.58. The van der Waals surface area contributed by atoms with Crippen molar-refractivity contribution in [2.45, 2.75) is 269 Å². The minimum atomic E-state index is -5.19. The molecular formula is C84H132F6N10O20. The highest BCUT2D eigenvalue weighted by Gasteiger charge is 2.47. The maximum absolute atomic E-state index is 14.2. The summed E-state index contributed by atoms with van der Waals surface area (Å²) in [4.78, 5) is 161. The number of carboxylic acid groups (broad SMARTS) is 4. The number of halogens is 6. The van der Waals surface area contributed by atoms with Gasteiger partial charge in [0.2, 0.25) is 35.4 Å². The van der Waals surface area contributed by atoms with Gasteiger partial charge in [-0.05, 0) is 86.2 Å². The Balaban J connectivity index is 0.000000533. The number of amides is 8. The van der Waals surface area contributed by atoms with Crippen molar-refractivity contribution in [3.8, 4) is 0 Å². The number of carboxylic acids is 4. The smallest absolute Gasteiger partial charge is 0.430 e. The predicted octanol–water partition coefficient (Wildman–Crippen LogP) is 2.45. The molecule has 2 aromatic rings. The van der Waals surface area contributed by atoms with Gasteiger partial charge in [0.1, 0.15) is 36.1 Å². The van der Waals surface area contributed by atoms with Gasteiger partial charge in [-0.25, -0.2) is 9.59 Å². The molecule has 8 N–H and O–H groups in total. The Morgan fingerprint density at radius 1 is 0.492 bits per heavy atom. The van der Waals surface area contributed by atoms with Crippen molar-refractivity contribution in [2.75, 3.05) is 82.8 Å². The maximum Gasteiger partial charge on any atom is 0.430 e. The van der Waals surface area contributed by atoms with Gasteiger partial charge >= 0.3 is 24.3 Å². The van der Waals surface area contributed by atoms with E-state index in [-0.39, 0.29) is 96.9 Å². The normalized spacial score (nSPS) is 21.6. The Labute approximate surface area is 701 Å². The number of nitrogens with zero attached hydrogens (tertiary/aromatic N) is 4. The van der Waals surface area contributed by atoms with E-state index >= 15 is 0 Å². The Morgan fingerprint density at radius 3 is 1.05 bits per heavy atom. The average molecular weight is 1720 g/mol. The molecule has 0 radical (unpaired) electrons. The van der Waals surface area contributed by atoms with E-state index in [9.17, 15) is 84.5 Å². The number of ether oxygens (including phenoxy) is 4. The minimum Gasteiger partial charge on any atom is -0.542 e. The molecule has 4 heterocycles. The lowest BCUT2D eigenvalue weighted by molar-refractivity contribution is -0.901. The summed E-state index contributed by atoms with van der Waals surface area (Å²) in [5.74, 6) is -12.1. The maximum atomic E-state index is 14.2. The van der Waals surface area contributed by atoms with Crippen LogP contribution in [0.5, 0.6) is 0 Å². The van der Waals surface area contributed by atoms with Crippen LogP contribution in [0.25, 0.3) is 0 Å². The summed E-state index contributed by atoms with van der Waals surface area (Å²) >= 11 is 0. The SMILES string of the molecule is CC[C@H](C)[C@@H]([C@@H](CC(=O)N1CCC[C@H]1[C@H](OC)[C@@H](C)C(=O)N[C@@H](Cc1ccccc1)C(=O)O)OC)N(C)C(=O)[C@@H](NC(=O)C1CCCC[NH+]1C)C(C)C.CC[C@H](C)[C@@H]([C@@H](CC(=O)N1CCC[C@H]1[C@H](OC)[C@@H](C)C(=O)N[C@@H](Cc1ccccc1)C(=O)O)OC)N(C)C(=O)[C@@H](NC(=O)C1CCCC[NH+]1C)C(C)C.O=C([O-])C(F)(F)F.O=C([O-])C(F)(F)F. The fraction of sp³-hybridized carbons (Fsp3) is 0.714. The third-order valence-electron chi connectivity index (χ3n) is 23.7. The van der Waals surface area contributed by atoms with Gasteiger partial charge in [-0.1, -0.05) is 143 Å². The second kappa shape index (κ2) is 50.7. The molecule has 0 spiro atoms. The van der Waals surface area contributed by atoms with Crippen LogP contribution in [-0.2, 0) is 89.3 Å². The molecule has 0 saturated carbocycles. The molecule has 0 aliphatic carbocycles. The van der Waals surface area contributed by atoms with Crippen LogP contribution in [0.2, 0.25) is 0 Å². The van der Waals surface area contributed by atoms with Crippen LogP contribution >= 0.6 is 0 Å². The number of alkyl halides is 6. The number of quaternary nitrogens is 2. The molecule has 6 rings (SSSR count). The van der Waals surface area contributed by atoms with E-state index in [4.69, 9.17) is 38.7 Å². The predicted molar refractivity (Wildman–Crippen MR) is 426 cm³/mol. The van der Waals surface area contributed by atoms with Crippen LogP contribution in [0.3, 0.4) is 0 Å². The van der Waals surface area contributed by atoms with Crippen LogP contribution in [0, 0.1) is 35.5 Å². The Morgan fingerprint density at radius 2 is 0.800 bits per heavy atom. The van der Waals surface area contributed by atoms with Gasteiger partial charge < -0.3 is 99.6 Å². The van der Waals surface area contributed by atoms with Gasteiger partial charge in [0.05, 0.1) is 100 Å². The molecule has 8 amide bonds. The standard InChI is InChI=1S/2C40H65N5O8.2C2HF3O2/c2*1-10-26(4)35(44(7)39(49)34(25(2)3)42-38(48)31-19-14-15-21-43(31)6)32(52-8)24-33(46)45-22-16-20-30(45)36(53-9)27(5)37(47)41-29(40(50)51)23-28-17-12-11-13-18-28;2*3-2(4,5)1(6)7/h2*11-13,17-18,25-27,29-32,34-36H,10,14-16,19-24H2,1-9H3,(H,41,47)(H,42,48)(H,50,51);2*(H,6,7)/t2*26-,27+,29-,30-,31?,32+,34-,35-,36+;;/m00../s1. The van der Waals surface area contributed by atoms with Gasteiger partial charge in [-0.15, -0.1) is 0 Å². The number of nitrogens with one attached hydrogen (secondary N) is 6. The van der Waals surface area contributed by atoms with Gasteiger partial charge in [0.25, 0.3) is 11.8 Å². The summed E-state index contributed by atoms with van der Waals surface area (Å²) in [5.41, 5.74) is 1.58. The molecule has 0 aromatic heterocycles. The van der Waals surface area contributed by atoms with E-state index in [0.717, 1.165) is 98.2 Å². The zero-order valence-electron chi connectivity index (χ0n) is 72.8. The van der Waals surface area contributed by atoms with Crippen molar-refractivity contribution < 1.29 is 133 Å². The van der Waals surface area contributed by atoms with Crippen molar-refractivity contribution in [3.63, 3.8) is 0 Å². The number of hydrogen-bond donors (Lipinski definition) is 8. The monoisotopic (exact) mass is 1710 g/mol. The number of carbonyl (C=O) groups excluding carboxylic acids is 10. The number of hydrogen-bond acceptors (Lipinski definition) is 18. The van der Waals surface area contributed by atoms with Gasteiger partial charge in [-0.2, -0.15) is 26.3 Å². The van der Waals surface area contributed by atoms with E-state index in [1.165, 1.54) is 14.2 Å². The van der Waals surface area contributed by atoms with Crippen molar-refractivity contribution in [1.29, 1.82) is 0 Å². The number of likely N-dealkylation sites (tertiary alicyclic amines) is 4. The summed E-state index contributed by atoms with van der Waals surface area (Å²) in [6.07, 6.45) is -2.88. The molecule has 4 saturated heterocycles. The molecule has 4 fully saturated rings. The lowest BCUT2D eigenvalue weighted by Crippen LogP contribution is -3.15. The highest BCUT2D eigenvalue weighted by Crippen LogP contribution is 2.33. The summed E-state index contributed by atoms with van der Waals surface area (Å²) in [6, 6.07) is 12.4. The van der Waals surface area contributed by atoms with Crippen LogP contribution < -0.4 is 41.3 Å². The van der Waals surface area contributed by atoms with Crippen LogP contribution in [0.4, 0.5) is 26.3 Å². The molecule has 120 heavy (non-hydrogen) atoms. The quantitative estimate of drug-likeness (QED) is 0.0448. The second-order valence-corrected chi connectivity index (χ2v) is 32.7. The molecule has 36 heteroatoms. The fourth-order valence-corrected chi connectivity index (χ4v) is 16.3. The Kier molecular flexibility index (Phi) is 44.7. The largest absolute Gasteiger partial charge is 0.542 e. The number of likely N-dealkylation sites (N-methyl/N-ethyl adjacent to an activating group) is 4. The zero-order chi connectivity index (χ0) is 91.0. The number of methoxy groups -OCH3 is 4. The number of piperidine rings is 2. The molecule has 4 unspecified atom stereocenters. The van der Waals surface area contributed by atoms with E-state index in [2.05, 4.69) is 21.3 Å². The third kappa shape index (κ3) is 31.7. The minimum absolute atomic E-state index is 0.00371. The first kappa shape index (κ1) is 106. The summed E-state index contributed by atoms with van der Waals surface area (Å²) in [7, 11) is 13.6. The summed E-state index contributed by atoms with van der Waals surface area (Å²) < 4.78 is 86.9. The molecule has 20 atom stereocenters. The van der Waals surface area contributed by atoms with Crippen molar-refractivity contribution in [1.82, 2.24) is 40.9 Å². The van der Waals surface area contributed by atoms with Gasteiger partial charge in [-0.3, -0.25) is 38.4 Å². The summed E-state index contributed by atoms with van der Waals surface area (Å²) in [6.45, 7) is 22.0. The first-order valence-electron chi connectivity index (χ1n) is 41.4. The number of benzene rings is 2. The van der Waals surface area contributed by atoms with Gasteiger partial charge in [0, 0.05) is 81.3 Å². The molecule has 4 aliphatic heterocycles. The van der Waals surface area contributed by atoms with Crippen molar-refractivity contribution >= 4 is 71.1 Å². The number of rotatable bonds is 38. The molecular weight excluding hydrogens is 1580 g/mol. The Bertz CT molecular complexity index is 3360. The number of aliphatic carboxylic acids is 4. The number of carbonyl (C=O) groups is 12. The van der Waals surface area contributed by atoms with Crippen molar-refractivity contribution in [2.24, 2.45) is 35.5 Å². The van der Waals surface area contributed by atoms with E-state index in [1.54, 1.807) is 61.8 Å². The topological polar surface area (TPSA) is 398 Å². The summed E-state index contributed by atoms with van der Waals surface area (Å²) in [5, 5.41) is 48.9. The molecule has 0 bridgehead atoms. The molecule has 680 valence electrons. The first-order chi connectivity index (χ1) is 56.2. The lowest BCUT2D eigenvalue weighted by Gasteiger charge is -2.41. The van der Waals surface area contributed by atoms with E-state index < -0.39 is 133 Å². The van der Waals surface area contributed by atoms with Crippen molar-refractivity contribution in [3.05, 3.63) is 71.8 Å². The van der Waals surface area contributed by atoms with E-state index in [0.29, 0.717) is 25.9 Å². The van der Waals surface area contributed by atoms with Gasteiger partial charge in [0.15, 0.2) is 12.1 Å². The second-order valence-electron chi connectivity index (χ2n) is 32.7. The molecule has 30 nitrogen and oxygen atoms in total. The fourth-order valence-electron chi connectivity index (χ4n) is 16.3. The average Bonchev–Trinajstić information content (AvgIpc) is 1.39. The third-order valence-corrected chi connectivity index (χ3v) is 23.7. The van der Waals surface area contributed by atoms with E-state index in [1.807, 2.05) is 130 Å². The zero-order valence-corrected chi connectivity index (χ0v) is 72.8. The van der Waals surface area contributed by atoms with Crippen LogP contribution in [0.1, 0.15) is 170 Å². The highest BCUT2D eigenvalue weighted by molar-refractivity contribution is 5.91. The molecule has 2 aromatic carbocycles. The van der Waals surface area contributed by atoms with Crippen LogP contribution in [-0.4, -0.2) is 281 Å². The highest BCUT2D eigenvalue weighted by atomic mass is 19.4. The lowest BCUT2D eigenvalue weighted by atomic mass is 9.89. The van der Waals surface area contributed by atoms with Crippen LogP contribution in [0.15, 0.2) is 60.7 Å².